The third kappa shape index (κ3) is 4.95. The smallest absolute Gasteiger partial charge is 0.277 e. The minimum Gasteiger partial charge on any atom is -0.494 e. The average Bonchev–Trinajstić information content (AvgIpc) is 3.20. The molecule has 0 radical (unpaired) electrons. The summed E-state index contributed by atoms with van der Waals surface area (Å²) in [4.78, 5) is 12.2. The van der Waals surface area contributed by atoms with Crippen molar-refractivity contribution in [2.75, 3.05) is 11.3 Å². The molecule has 2 N–H and O–H groups in total. The molecule has 28 heavy (non-hydrogen) atoms. The van der Waals surface area contributed by atoms with Crippen LogP contribution in [-0.4, -0.2) is 31.7 Å². The molecular weight excluding hydrogens is 380 g/mol. The Morgan fingerprint density at radius 3 is 2.46 bits per heavy atom. The van der Waals surface area contributed by atoms with Gasteiger partial charge in [0.1, 0.15) is 11.5 Å². The predicted molar refractivity (Wildman–Crippen MR) is 108 cm³/mol. The van der Waals surface area contributed by atoms with Gasteiger partial charge in [-0.2, -0.15) is 8.42 Å². The van der Waals surface area contributed by atoms with Crippen molar-refractivity contribution >= 4 is 32.4 Å². The first-order valence-corrected chi connectivity index (χ1v) is 10.2. The lowest BCUT2D eigenvalue weighted by Gasteiger charge is -2.09. The van der Waals surface area contributed by atoms with Gasteiger partial charge in [0.05, 0.1) is 13.0 Å². The van der Waals surface area contributed by atoms with Crippen LogP contribution in [0.4, 0.5) is 5.69 Å². The highest BCUT2D eigenvalue weighted by Gasteiger charge is 2.28. The van der Waals surface area contributed by atoms with Crippen LogP contribution >= 0.6 is 0 Å². The van der Waals surface area contributed by atoms with Gasteiger partial charge in [-0.05, 0) is 36.8 Å². The lowest BCUT2D eigenvalue weighted by Crippen LogP contribution is -2.32. The fourth-order valence-electron chi connectivity index (χ4n) is 2.48. The highest BCUT2D eigenvalue weighted by atomic mass is 32.2. The predicted octanol–water partition coefficient (Wildman–Crippen LogP) is 2.30. The van der Waals surface area contributed by atoms with Gasteiger partial charge in [-0.15, -0.1) is 10.2 Å². The number of ether oxygens (including phenoxy) is 1. The Hall–Kier alpha value is -3.20. The second-order valence-electron chi connectivity index (χ2n) is 5.95. The molecule has 8 nitrogen and oxygen atoms in total. The molecule has 1 amide bonds. The number of anilines is 1. The molecule has 1 aliphatic heterocycles. The van der Waals surface area contributed by atoms with Crippen molar-refractivity contribution in [3.63, 3.8) is 0 Å². The van der Waals surface area contributed by atoms with Crippen molar-refractivity contribution < 1.29 is 17.9 Å². The van der Waals surface area contributed by atoms with Crippen molar-refractivity contribution in [3.8, 4) is 5.75 Å². The lowest BCUT2D eigenvalue weighted by atomic mass is 10.2. The number of carbonyl (C=O) groups is 1. The monoisotopic (exact) mass is 400 g/mol. The zero-order chi connectivity index (χ0) is 20.0. The van der Waals surface area contributed by atoms with E-state index < -0.39 is 15.9 Å². The summed E-state index contributed by atoms with van der Waals surface area (Å²) in [7, 11) is -3.91. The van der Waals surface area contributed by atoms with Crippen LogP contribution in [0.1, 0.15) is 18.9 Å². The molecule has 2 aromatic carbocycles. The van der Waals surface area contributed by atoms with Crippen LogP contribution < -0.4 is 14.8 Å². The topological polar surface area (TPSA) is 109 Å². The second kappa shape index (κ2) is 8.66. The number of nitrogens with one attached hydrogen (secondary N) is 2. The summed E-state index contributed by atoms with van der Waals surface area (Å²) in [5.41, 5.74) is 1.36. The number of hydrogen-bond acceptors (Lipinski definition) is 6. The number of hydrogen-bond donors (Lipinski definition) is 2. The zero-order valence-corrected chi connectivity index (χ0v) is 16.1. The average molecular weight is 400 g/mol. The molecule has 9 heteroatoms. The molecule has 0 unspecified atom stereocenters. The fourth-order valence-corrected chi connectivity index (χ4v) is 3.52. The van der Waals surface area contributed by atoms with Crippen LogP contribution in [-0.2, 0) is 21.4 Å². The molecule has 2 aromatic rings. The summed E-state index contributed by atoms with van der Waals surface area (Å²) < 4.78 is 32.7. The van der Waals surface area contributed by atoms with E-state index in [0.717, 1.165) is 5.56 Å². The van der Waals surface area contributed by atoms with Crippen molar-refractivity contribution in [1.29, 1.82) is 0 Å². The van der Waals surface area contributed by atoms with E-state index in [4.69, 9.17) is 4.74 Å². The number of sulfonamides is 1. The first kappa shape index (κ1) is 19.6. The molecule has 1 heterocycles. The molecule has 0 atom stereocenters. The largest absolute Gasteiger partial charge is 0.494 e. The Kier molecular flexibility index (Phi) is 6.05. The first-order valence-electron chi connectivity index (χ1n) is 8.69. The van der Waals surface area contributed by atoms with E-state index in [9.17, 15) is 13.2 Å². The minimum absolute atomic E-state index is 0.0583. The fraction of sp³-hybridized carbons (Fsp3) is 0.211. The minimum atomic E-state index is -3.91. The van der Waals surface area contributed by atoms with Crippen LogP contribution in [0.5, 0.6) is 5.75 Å². The van der Waals surface area contributed by atoms with E-state index in [1.54, 1.807) is 24.3 Å². The van der Waals surface area contributed by atoms with Crippen LogP contribution in [0.15, 0.2) is 64.8 Å². The van der Waals surface area contributed by atoms with E-state index in [1.165, 1.54) is 0 Å². The Balaban J connectivity index is 1.56. The molecule has 0 aliphatic carbocycles. The van der Waals surface area contributed by atoms with Crippen LogP contribution in [0, 0.1) is 0 Å². The molecule has 1 aliphatic rings. The van der Waals surface area contributed by atoms with Gasteiger partial charge in [0.25, 0.3) is 15.9 Å². The number of amides is 1. The van der Waals surface area contributed by atoms with E-state index in [0.29, 0.717) is 24.6 Å². The van der Waals surface area contributed by atoms with Gasteiger partial charge in [-0.1, -0.05) is 30.3 Å². The SMILES string of the molecule is CCOc1ccc(NS(=O)(=O)C2=NN=C(C(=O)NCc3ccccc3)C2)cc1. The molecule has 0 saturated heterocycles. The molecule has 0 aromatic heterocycles. The molecule has 0 bridgehead atoms. The van der Waals surface area contributed by atoms with Gasteiger partial charge in [-0.25, -0.2) is 0 Å². The maximum atomic E-state index is 12.5. The Morgan fingerprint density at radius 2 is 1.79 bits per heavy atom. The summed E-state index contributed by atoms with van der Waals surface area (Å²) >= 11 is 0. The quantitative estimate of drug-likeness (QED) is 0.743. The first-order chi connectivity index (χ1) is 13.5. The van der Waals surface area contributed by atoms with Gasteiger partial charge in [-0.3, -0.25) is 9.52 Å². The van der Waals surface area contributed by atoms with Gasteiger partial charge >= 0.3 is 0 Å². The summed E-state index contributed by atoms with van der Waals surface area (Å²) in [5.74, 6) is 0.197. The number of carbonyl (C=O) groups excluding carboxylic acids is 1. The van der Waals surface area contributed by atoms with Crippen LogP contribution in [0.3, 0.4) is 0 Å². The second-order valence-corrected chi connectivity index (χ2v) is 7.63. The standard InChI is InChI=1S/C19H20N4O4S/c1-2-27-16-10-8-15(9-11-16)23-28(25,26)18-12-17(21-22-18)19(24)20-13-14-6-4-3-5-7-14/h3-11,23H,2,12-13H2,1H3,(H,20,24). The zero-order valence-electron chi connectivity index (χ0n) is 15.3. The van der Waals surface area contributed by atoms with E-state index in [1.807, 2.05) is 37.3 Å². The Bertz CT molecular complexity index is 1000. The highest BCUT2D eigenvalue weighted by Crippen LogP contribution is 2.18. The third-order valence-corrected chi connectivity index (χ3v) is 5.24. The van der Waals surface area contributed by atoms with Gasteiger partial charge < -0.3 is 10.1 Å². The summed E-state index contributed by atoms with van der Waals surface area (Å²) in [5, 5.41) is 9.91. The summed E-state index contributed by atoms with van der Waals surface area (Å²) in [6.45, 7) is 2.71. The van der Waals surface area contributed by atoms with E-state index >= 15 is 0 Å². The molecule has 0 spiro atoms. The number of benzene rings is 2. The summed E-state index contributed by atoms with van der Waals surface area (Å²) in [6, 6.07) is 15.9. The molecular formula is C19H20N4O4S. The maximum Gasteiger partial charge on any atom is 0.277 e. The Labute approximate surface area is 163 Å². The normalized spacial score (nSPS) is 13.5. The van der Waals surface area contributed by atoms with Crippen LogP contribution in [0.2, 0.25) is 0 Å². The van der Waals surface area contributed by atoms with Gasteiger partial charge in [0.2, 0.25) is 0 Å². The third-order valence-electron chi connectivity index (χ3n) is 3.89. The van der Waals surface area contributed by atoms with Crippen molar-refractivity contribution in [1.82, 2.24) is 5.32 Å². The lowest BCUT2D eigenvalue weighted by molar-refractivity contribution is -0.115. The van der Waals surface area contributed by atoms with Crippen molar-refractivity contribution in [2.45, 2.75) is 19.9 Å². The van der Waals surface area contributed by atoms with Crippen molar-refractivity contribution in [2.24, 2.45) is 10.2 Å². The molecule has 0 fully saturated rings. The Morgan fingerprint density at radius 1 is 1.07 bits per heavy atom. The van der Waals surface area contributed by atoms with Crippen LogP contribution in [0.25, 0.3) is 0 Å². The molecule has 146 valence electrons. The van der Waals surface area contributed by atoms with Gasteiger partial charge in [0.15, 0.2) is 5.04 Å². The number of nitrogens with zero attached hydrogens (tertiary/aromatic N) is 2. The maximum absolute atomic E-state index is 12.5. The summed E-state index contributed by atoms with van der Waals surface area (Å²) in [6.07, 6.45) is -0.160. The highest BCUT2D eigenvalue weighted by molar-refractivity contribution is 8.07. The van der Waals surface area contributed by atoms with Gasteiger partial charge in [0, 0.05) is 12.2 Å². The number of rotatable bonds is 7. The van der Waals surface area contributed by atoms with E-state index in [2.05, 4.69) is 20.2 Å². The van der Waals surface area contributed by atoms with E-state index in [-0.39, 0.29) is 17.2 Å². The molecule has 3 rings (SSSR count). The molecule has 0 saturated carbocycles. The van der Waals surface area contributed by atoms with Crippen molar-refractivity contribution in [3.05, 3.63) is 60.2 Å².